The molecular weight excluding hydrogens is 258 g/mol. The molecule has 21 heavy (non-hydrogen) atoms. The number of nitrogens with one attached hydrogen (secondary N) is 1. The van der Waals surface area contributed by atoms with Crippen LogP contribution < -0.4 is 5.32 Å². The molecule has 0 spiro atoms. The number of rotatable bonds is 7. The summed E-state index contributed by atoms with van der Waals surface area (Å²) in [5, 5.41) is 3.66. The molecule has 0 saturated carbocycles. The van der Waals surface area contributed by atoms with Gasteiger partial charge in [-0.15, -0.1) is 0 Å². The monoisotopic (exact) mass is 283 g/mol. The maximum absolute atomic E-state index is 5.56. The summed E-state index contributed by atoms with van der Waals surface area (Å²) >= 11 is 0. The lowest BCUT2D eigenvalue weighted by Crippen LogP contribution is -2.11. The predicted molar refractivity (Wildman–Crippen MR) is 89.6 cm³/mol. The van der Waals surface area contributed by atoms with Gasteiger partial charge in [0.2, 0.25) is 0 Å². The number of anilines is 1. The Kier molecular flexibility index (Phi) is 5.82. The molecule has 0 fully saturated rings. The molecule has 1 unspecified atom stereocenters. The summed E-state index contributed by atoms with van der Waals surface area (Å²) in [6.45, 7) is 7.75. The lowest BCUT2D eigenvalue weighted by Gasteiger charge is -2.21. The van der Waals surface area contributed by atoms with Crippen LogP contribution in [0, 0.1) is 6.92 Å². The molecule has 0 aliphatic heterocycles. The largest absolute Gasteiger partial charge is 0.378 e. The maximum Gasteiger partial charge on any atom is 0.0736 e. The molecular formula is C19H25NO. The van der Waals surface area contributed by atoms with Gasteiger partial charge in [0, 0.05) is 17.9 Å². The molecule has 0 heterocycles. The van der Waals surface area contributed by atoms with Gasteiger partial charge < -0.3 is 10.1 Å². The molecule has 0 bridgehead atoms. The highest BCUT2D eigenvalue weighted by Gasteiger charge is 2.11. The Morgan fingerprint density at radius 1 is 1.00 bits per heavy atom. The van der Waals surface area contributed by atoms with Crippen LogP contribution in [0.4, 0.5) is 5.69 Å². The van der Waals surface area contributed by atoms with Crippen molar-refractivity contribution in [2.24, 2.45) is 0 Å². The lowest BCUT2D eigenvalue weighted by atomic mass is 10.0. The summed E-state index contributed by atoms with van der Waals surface area (Å²) in [6, 6.07) is 17.5. The molecule has 1 atom stereocenters. The van der Waals surface area contributed by atoms with E-state index in [2.05, 4.69) is 67.7 Å². The molecule has 1 N–H and O–H groups in total. The van der Waals surface area contributed by atoms with Crippen LogP contribution in [-0.2, 0) is 11.3 Å². The van der Waals surface area contributed by atoms with E-state index < -0.39 is 0 Å². The zero-order chi connectivity index (χ0) is 15.1. The molecule has 0 amide bonds. The minimum absolute atomic E-state index is 0.327. The van der Waals surface area contributed by atoms with Crippen LogP contribution in [0.25, 0.3) is 0 Å². The van der Waals surface area contributed by atoms with Crippen molar-refractivity contribution in [3.8, 4) is 0 Å². The van der Waals surface area contributed by atoms with Gasteiger partial charge in [0.05, 0.1) is 12.6 Å². The van der Waals surface area contributed by atoms with Crippen LogP contribution in [0.2, 0.25) is 0 Å². The van der Waals surface area contributed by atoms with Crippen LogP contribution in [0.5, 0.6) is 0 Å². The zero-order valence-electron chi connectivity index (χ0n) is 13.2. The minimum atomic E-state index is 0.327. The van der Waals surface area contributed by atoms with Gasteiger partial charge in [-0.2, -0.15) is 0 Å². The lowest BCUT2D eigenvalue weighted by molar-refractivity contribution is 0.134. The minimum Gasteiger partial charge on any atom is -0.378 e. The van der Waals surface area contributed by atoms with Gasteiger partial charge in [0.1, 0.15) is 0 Å². The number of aryl methyl sites for hydroxylation is 1. The Morgan fingerprint density at radius 3 is 2.38 bits per heavy atom. The predicted octanol–water partition coefficient (Wildman–Crippen LogP) is 5.09. The molecule has 2 aromatic rings. The quantitative estimate of drug-likeness (QED) is 0.763. The highest BCUT2D eigenvalue weighted by molar-refractivity contribution is 5.52. The topological polar surface area (TPSA) is 21.3 Å². The smallest absolute Gasteiger partial charge is 0.0736 e. The summed E-state index contributed by atoms with van der Waals surface area (Å²) in [5.41, 5.74) is 5.00. The fourth-order valence-electron chi connectivity index (χ4n) is 2.41. The van der Waals surface area contributed by atoms with E-state index in [-0.39, 0.29) is 0 Å². The number of para-hydroxylation sites is 1. The summed E-state index contributed by atoms with van der Waals surface area (Å²) in [6.07, 6.45) is 1.05. The zero-order valence-corrected chi connectivity index (χ0v) is 13.2. The van der Waals surface area contributed by atoms with Crippen molar-refractivity contribution < 1.29 is 4.74 Å². The highest BCUT2D eigenvalue weighted by atomic mass is 16.5. The fraction of sp³-hybridized carbons (Fsp3) is 0.368. The number of ether oxygens (including phenoxy) is 1. The summed E-state index contributed by atoms with van der Waals surface area (Å²) < 4.78 is 5.56. The van der Waals surface area contributed by atoms with E-state index in [0.29, 0.717) is 12.6 Å². The molecule has 112 valence electrons. The van der Waals surface area contributed by atoms with Crippen molar-refractivity contribution in [1.29, 1.82) is 0 Å². The van der Waals surface area contributed by atoms with Gasteiger partial charge in [-0.25, -0.2) is 0 Å². The summed E-state index contributed by atoms with van der Waals surface area (Å²) in [5.74, 6) is 0. The first-order chi connectivity index (χ1) is 10.2. The molecule has 2 rings (SSSR count). The van der Waals surface area contributed by atoms with Gasteiger partial charge in [0.25, 0.3) is 0 Å². The van der Waals surface area contributed by atoms with Gasteiger partial charge in [-0.3, -0.25) is 0 Å². The average Bonchev–Trinajstić information content (AvgIpc) is 2.52. The normalized spacial score (nSPS) is 12.1. The van der Waals surface area contributed by atoms with Crippen molar-refractivity contribution in [1.82, 2.24) is 0 Å². The average molecular weight is 283 g/mol. The molecule has 2 nitrogen and oxygen atoms in total. The molecule has 0 aromatic heterocycles. The molecule has 0 radical (unpaired) electrons. The van der Waals surface area contributed by atoms with E-state index in [0.717, 1.165) is 13.0 Å². The van der Waals surface area contributed by atoms with Gasteiger partial charge in [0.15, 0.2) is 0 Å². The van der Waals surface area contributed by atoms with E-state index in [4.69, 9.17) is 4.74 Å². The molecule has 2 heteroatoms. The van der Waals surface area contributed by atoms with Gasteiger partial charge in [-0.05, 0) is 31.9 Å². The van der Waals surface area contributed by atoms with Crippen LogP contribution in [-0.4, -0.2) is 6.61 Å². The summed E-state index contributed by atoms with van der Waals surface area (Å²) in [7, 11) is 0. The Morgan fingerprint density at radius 2 is 1.71 bits per heavy atom. The second-order valence-electron chi connectivity index (χ2n) is 5.31. The van der Waals surface area contributed by atoms with Crippen LogP contribution in [0.1, 0.15) is 43.0 Å². The third-order valence-corrected chi connectivity index (χ3v) is 3.70. The standard InChI is InChI=1S/C19H25NO/c1-4-18(16-12-10-15(3)11-13-16)20-19-9-7-6-8-17(19)14-21-5-2/h6-13,18,20H,4-5,14H2,1-3H3. The second-order valence-corrected chi connectivity index (χ2v) is 5.31. The van der Waals surface area contributed by atoms with E-state index in [1.165, 1.54) is 22.4 Å². The maximum atomic E-state index is 5.56. The third-order valence-electron chi connectivity index (χ3n) is 3.70. The highest BCUT2D eigenvalue weighted by Crippen LogP contribution is 2.25. The van der Waals surface area contributed by atoms with E-state index in [1.807, 2.05) is 6.92 Å². The third kappa shape index (κ3) is 4.33. The van der Waals surface area contributed by atoms with Crippen molar-refractivity contribution in [3.63, 3.8) is 0 Å². The molecule has 0 saturated heterocycles. The van der Waals surface area contributed by atoms with Crippen molar-refractivity contribution in [3.05, 3.63) is 65.2 Å². The Hall–Kier alpha value is -1.80. The SMILES string of the molecule is CCOCc1ccccc1NC(CC)c1ccc(C)cc1. The fourth-order valence-corrected chi connectivity index (χ4v) is 2.41. The van der Waals surface area contributed by atoms with E-state index in [1.54, 1.807) is 0 Å². The first kappa shape index (κ1) is 15.6. The van der Waals surface area contributed by atoms with E-state index >= 15 is 0 Å². The Balaban J connectivity index is 2.16. The Labute approximate surface area is 128 Å². The van der Waals surface area contributed by atoms with Crippen molar-refractivity contribution in [2.75, 3.05) is 11.9 Å². The van der Waals surface area contributed by atoms with Crippen LogP contribution in [0.15, 0.2) is 48.5 Å². The first-order valence-electron chi connectivity index (χ1n) is 7.73. The van der Waals surface area contributed by atoms with Gasteiger partial charge >= 0.3 is 0 Å². The summed E-state index contributed by atoms with van der Waals surface area (Å²) in [4.78, 5) is 0. The second kappa shape index (κ2) is 7.84. The van der Waals surface area contributed by atoms with Crippen LogP contribution >= 0.6 is 0 Å². The number of hydrogen-bond acceptors (Lipinski definition) is 2. The molecule has 2 aromatic carbocycles. The molecule has 0 aliphatic rings. The first-order valence-corrected chi connectivity index (χ1v) is 7.73. The van der Waals surface area contributed by atoms with Crippen molar-refractivity contribution in [2.45, 2.75) is 39.8 Å². The Bertz CT molecular complexity index is 548. The number of benzene rings is 2. The van der Waals surface area contributed by atoms with Crippen molar-refractivity contribution >= 4 is 5.69 Å². The van der Waals surface area contributed by atoms with Crippen LogP contribution in [0.3, 0.4) is 0 Å². The van der Waals surface area contributed by atoms with Gasteiger partial charge in [-0.1, -0.05) is 55.0 Å². The van der Waals surface area contributed by atoms with E-state index in [9.17, 15) is 0 Å². The number of hydrogen-bond donors (Lipinski definition) is 1. The molecule has 0 aliphatic carbocycles.